The molecule has 0 N–H and O–H groups in total. The Hall–Kier alpha value is -1.24. The predicted molar refractivity (Wildman–Crippen MR) is 74.8 cm³/mol. The van der Waals surface area contributed by atoms with E-state index >= 15 is 0 Å². The molecule has 0 fully saturated rings. The molecule has 4 nitrogen and oxygen atoms in total. The molecule has 0 unspecified atom stereocenters. The lowest BCUT2D eigenvalue weighted by Crippen LogP contribution is -2.20. The third kappa shape index (κ3) is 4.21. The molecule has 0 aliphatic heterocycles. The number of hydrogen-bond donors (Lipinski definition) is 0. The van der Waals surface area contributed by atoms with Crippen LogP contribution in [-0.2, 0) is 18.8 Å². The van der Waals surface area contributed by atoms with Gasteiger partial charge in [0.05, 0.1) is 13.0 Å². The van der Waals surface area contributed by atoms with E-state index in [1.807, 2.05) is 12.1 Å². The largest absolute Gasteiger partial charge is 0.460 e. The molecule has 0 radical (unpaired) electrons. The minimum absolute atomic E-state index is 0.128. The van der Waals surface area contributed by atoms with E-state index in [4.69, 9.17) is 0 Å². The first kappa shape index (κ1) is 14.8. The van der Waals surface area contributed by atoms with Crippen LogP contribution in [-0.4, -0.2) is 24.1 Å². The van der Waals surface area contributed by atoms with Crippen molar-refractivity contribution in [1.82, 2.24) is 0 Å². The Morgan fingerprint density at radius 3 is 2.28 bits per heavy atom. The molecular weight excluding hydrogens is 347 g/mol. The Morgan fingerprint density at radius 2 is 1.78 bits per heavy atom. The molecule has 0 atom stereocenters. The summed E-state index contributed by atoms with van der Waals surface area (Å²) in [5.41, 5.74) is 1.53. The normalized spacial score (nSPS) is 9.89. The summed E-state index contributed by atoms with van der Waals surface area (Å²) in [5.74, 6) is -2.12. The smallest absolute Gasteiger partial charge is 0.375 e. The Morgan fingerprint density at radius 1 is 1.17 bits per heavy atom. The predicted octanol–water partition coefficient (Wildman–Crippen LogP) is 2.33. The first-order chi connectivity index (χ1) is 8.58. The average Bonchev–Trinajstić information content (AvgIpc) is 2.39. The summed E-state index contributed by atoms with van der Waals surface area (Å²) in [6.45, 7) is 1.73. The molecule has 0 bridgehead atoms. The number of benzene rings is 1. The molecule has 0 spiro atoms. The van der Waals surface area contributed by atoms with E-state index in [1.54, 1.807) is 19.1 Å². The second-order valence-corrected chi connectivity index (χ2v) is 4.34. The molecule has 0 saturated heterocycles. The van der Waals surface area contributed by atoms with Crippen molar-refractivity contribution in [2.75, 3.05) is 6.61 Å². The summed E-state index contributed by atoms with van der Waals surface area (Å²) in [7, 11) is 0. The Balaban J connectivity index is 2.64. The highest BCUT2D eigenvalue weighted by Gasteiger charge is 2.19. The van der Waals surface area contributed by atoms with Crippen LogP contribution < -0.4 is 0 Å². The SMILES string of the molecule is CCOC(=O)C(=O)CC(=O)c1ccc(CI)cc1. The van der Waals surface area contributed by atoms with Crippen molar-refractivity contribution in [3.63, 3.8) is 0 Å². The number of rotatable bonds is 6. The van der Waals surface area contributed by atoms with Crippen LogP contribution in [0, 0.1) is 0 Å². The average molecular weight is 360 g/mol. The molecule has 0 saturated carbocycles. The fourth-order valence-electron chi connectivity index (χ4n) is 1.31. The summed E-state index contributed by atoms with van der Waals surface area (Å²) in [6.07, 6.45) is -0.442. The van der Waals surface area contributed by atoms with Crippen LogP contribution in [0.2, 0.25) is 0 Å². The number of hydrogen-bond acceptors (Lipinski definition) is 4. The standard InChI is InChI=1S/C13H13IO4/c1-2-18-13(17)12(16)7-11(15)10-5-3-9(8-14)4-6-10/h3-6H,2,7-8H2,1H3. The molecule has 0 aliphatic carbocycles. The van der Waals surface area contributed by atoms with Crippen LogP contribution in [0.4, 0.5) is 0 Å². The highest BCUT2D eigenvalue weighted by molar-refractivity contribution is 14.1. The van der Waals surface area contributed by atoms with Crippen molar-refractivity contribution < 1.29 is 19.1 Å². The molecule has 1 aromatic rings. The Kier molecular flexibility index (Phi) is 5.97. The number of Topliss-reactive ketones (excluding diaryl/α,β-unsaturated/α-hetero) is 2. The fourth-order valence-corrected chi connectivity index (χ4v) is 1.82. The molecule has 18 heavy (non-hydrogen) atoms. The van der Waals surface area contributed by atoms with E-state index in [0.29, 0.717) is 5.56 Å². The Bertz CT molecular complexity index is 451. The van der Waals surface area contributed by atoms with Crippen molar-refractivity contribution in [1.29, 1.82) is 0 Å². The van der Waals surface area contributed by atoms with Crippen molar-refractivity contribution >= 4 is 40.1 Å². The lowest BCUT2D eigenvalue weighted by atomic mass is 10.0. The molecule has 96 valence electrons. The summed E-state index contributed by atoms with van der Waals surface area (Å²) in [5, 5.41) is 0. The van der Waals surface area contributed by atoms with E-state index in [2.05, 4.69) is 27.3 Å². The maximum absolute atomic E-state index is 11.7. The first-order valence-electron chi connectivity index (χ1n) is 5.46. The third-order valence-electron chi connectivity index (χ3n) is 2.25. The first-order valence-corrected chi connectivity index (χ1v) is 6.99. The highest BCUT2D eigenvalue weighted by Crippen LogP contribution is 2.10. The van der Waals surface area contributed by atoms with Gasteiger partial charge in [-0.15, -0.1) is 0 Å². The van der Waals surface area contributed by atoms with Gasteiger partial charge in [-0.3, -0.25) is 9.59 Å². The van der Waals surface area contributed by atoms with Crippen molar-refractivity contribution in [2.45, 2.75) is 17.8 Å². The maximum Gasteiger partial charge on any atom is 0.375 e. The second-order valence-electron chi connectivity index (χ2n) is 3.57. The quantitative estimate of drug-likeness (QED) is 0.195. The summed E-state index contributed by atoms with van der Waals surface area (Å²) < 4.78 is 5.39. The van der Waals surface area contributed by atoms with E-state index in [0.717, 1.165) is 9.99 Å². The van der Waals surface area contributed by atoms with Crippen LogP contribution >= 0.6 is 22.6 Å². The topological polar surface area (TPSA) is 60.4 Å². The zero-order chi connectivity index (χ0) is 13.5. The van der Waals surface area contributed by atoms with Gasteiger partial charge in [-0.25, -0.2) is 4.79 Å². The van der Waals surface area contributed by atoms with Gasteiger partial charge in [0.25, 0.3) is 0 Å². The number of halogens is 1. The van der Waals surface area contributed by atoms with Crippen LogP contribution in [0.1, 0.15) is 29.3 Å². The second kappa shape index (κ2) is 7.25. The lowest BCUT2D eigenvalue weighted by Gasteiger charge is -2.02. The number of ketones is 2. The van der Waals surface area contributed by atoms with E-state index in [9.17, 15) is 14.4 Å². The van der Waals surface area contributed by atoms with Crippen LogP contribution in [0.3, 0.4) is 0 Å². The van der Waals surface area contributed by atoms with Crippen LogP contribution in [0.25, 0.3) is 0 Å². The number of carbonyl (C=O) groups is 3. The van der Waals surface area contributed by atoms with Crippen molar-refractivity contribution in [3.8, 4) is 0 Å². The van der Waals surface area contributed by atoms with E-state index in [-0.39, 0.29) is 12.4 Å². The van der Waals surface area contributed by atoms with Gasteiger partial charge in [0, 0.05) is 9.99 Å². The van der Waals surface area contributed by atoms with Gasteiger partial charge in [0.2, 0.25) is 5.78 Å². The van der Waals surface area contributed by atoms with Crippen molar-refractivity contribution in [2.24, 2.45) is 0 Å². The lowest BCUT2D eigenvalue weighted by molar-refractivity contribution is -0.153. The molecule has 0 amide bonds. The zero-order valence-corrected chi connectivity index (χ0v) is 12.1. The maximum atomic E-state index is 11.7. The molecule has 5 heteroatoms. The third-order valence-corrected chi connectivity index (χ3v) is 3.14. The molecule has 1 rings (SSSR count). The van der Waals surface area contributed by atoms with Gasteiger partial charge in [-0.05, 0) is 12.5 Å². The number of esters is 1. The van der Waals surface area contributed by atoms with Gasteiger partial charge >= 0.3 is 5.97 Å². The number of alkyl halides is 1. The van der Waals surface area contributed by atoms with Gasteiger partial charge in [-0.1, -0.05) is 46.9 Å². The van der Waals surface area contributed by atoms with Crippen molar-refractivity contribution in [3.05, 3.63) is 35.4 Å². The van der Waals surface area contributed by atoms with Gasteiger partial charge < -0.3 is 4.74 Å². The summed E-state index contributed by atoms with van der Waals surface area (Å²) in [6, 6.07) is 6.98. The zero-order valence-electron chi connectivity index (χ0n) is 9.94. The van der Waals surface area contributed by atoms with Gasteiger partial charge in [0.15, 0.2) is 5.78 Å². The molecule has 1 aromatic carbocycles. The fraction of sp³-hybridized carbons (Fsp3) is 0.308. The molecule has 0 aliphatic rings. The highest BCUT2D eigenvalue weighted by atomic mass is 127. The summed E-state index contributed by atoms with van der Waals surface area (Å²) in [4.78, 5) is 34.2. The van der Waals surface area contributed by atoms with Gasteiger partial charge in [-0.2, -0.15) is 0 Å². The van der Waals surface area contributed by atoms with E-state index < -0.39 is 18.2 Å². The minimum Gasteiger partial charge on any atom is -0.460 e. The van der Waals surface area contributed by atoms with Gasteiger partial charge in [0.1, 0.15) is 0 Å². The summed E-state index contributed by atoms with van der Waals surface area (Å²) >= 11 is 2.22. The molecule has 0 aromatic heterocycles. The minimum atomic E-state index is -0.949. The molecular formula is C13H13IO4. The van der Waals surface area contributed by atoms with E-state index in [1.165, 1.54) is 0 Å². The number of carbonyl (C=O) groups excluding carboxylic acids is 3. The Labute approximate surface area is 119 Å². The van der Waals surface area contributed by atoms with Crippen LogP contribution in [0.5, 0.6) is 0 Å². The monoisotopic (exact) mass is 360 g/mol. The van der Waals surface area contributed by atoms with Crippen LogP contribution in [0.15, 0.2) is 24.3 Å². The number of ether oxygens (including phenoxy) is 1. The molecule has 0 heterocycles.